The highest BCUT2D eigenvalue weighted by Crippen LogP contribution is 2.24. The molecule has 0 radical (unpaired) electrons. The molecular weight excluding hydrogens is 226 g/mol. The summed E-state index contributed by atoms with van der Waals surface area (Å²) in [7, 11) is -1.47. The zero-order valence-electron chi connectivity index (χ0n) is 9.81. The predicted octanol–water partition coefficient (Wildman–Crippen LogP) is 0.302. The van der Waals surface area contributed by atoms with Crippen molar-refractivity contribution >= 4 is 10.0 Å². The second kappa shape index (κ2) is 5.62. The van der Waals surface area contributed by atoms with Gasteiger partial charge in [0, 0.05) is 19.1 Å². The summed E-state index contributed by atoms with van der Waals surface area (Å²) in [4.78, 5) is 2.15. The molecule has 0 bridgehead atoms. The van der Waals surface area contributed by atoms with Crippen LogP contribution in [-0.2, 0) is 10.0 Å². The largest absolute Gasteiger partial charge is 0.302 e. The fourth-order valence-electron chi connectivity index (χ4n) is 1.54. The highest BCUT2D eigenvalue weighted by molar-refractivity contribution is 7.90. The number of sulfonamides is 1. The van der Waals surface area contributed by atoms with Gasteiger partial charge >= 0.3 is 0 Å². The Kier molecular flexibility index (Phi) is 4.71. The Hall–Kier alpha value is -0.640. The van der Waals surface area contributed by atoms with Crippen molar-refractivity contribution in [3.05, 3.63) is 0 Å². The molecule has 1 N–H and O–H groups in total. The van der Waals surface area contributed by atoms with Gasteiger partial charge in [-0.05, 0) is 26.3 Å². The summed E-state index contributed by atoms with van der Waals surface area (Å²) in [5.41, 5.74) is 0. The molecule has 1 fully saturated rings. The van der Waals surface area contributed by atoms with Crippen molar-refractivity contribution in [2.75, 3.05) is 20.1 Å². The summed E-state index contributed by atoms with van der Waals surface area (Å²) in [6, 6.07) is 2.43. The summed E-state index contributed by atoms with van der Waals surface area (Å²) in [6.45, 7) is 2.78. The SMILES string of the molecule is CCC(C#N)S(=O)(=O)NCCN(C)C1CC1. The van der Waals surface area contributed by atoms with Crippen molar-refractivity contribution in [2.45, 2.75) is 37.5 Å². The Labute approximate surface area is 97.5 Å². The molecular formula is C10H19N3O2S. The smallest absolute Gasteiger partial charge is 0.228 e. The zero-order valence-corrected chi connectivity index (χ0v) is 10.6. The van der Waals surface area contributed by atoms with Crippen molar-refractivity contribution < 1.29 is 8.42 Å². The van der Waals surface area contributed by atoms with Gasteiger partial charge in [0.1, 0.15) is 0 Å². The maximum absolute atomic E-state index is 11.6. The lowest BCUT2D eigenvalue weighted by molar-refractivity contribution is 0.329. The Morgan fingerprint density at radius 3 is 2.62 bits per heavy atom. The standard InChI is InChI=1S/C10H19N3O2S/c1-3-10(8-11)16(14,15)12-6-7-13(2)9-4-5-9/h9-10,12H,3-7H2,1-2H3. The maximum Gasteiger partial charge on any atom is 0.228 e. The van der Waals surface area contributed by atoms with Gasteiger partial charge in [-0.15, -0.1) is 0 Å². The van der Waals surface area contributed by atoms with E-state index in [9.17, 15) is 8.42 Å². The number of nitriles is 1. The highest BCUT2D eigenvalue weighted by Gasteiger charge is 2.27. The van der Waals surface area contributed by atoms with Crippen LogP contribution in [0.1, 0.15) is 26.2 Å². The molecule has 0 aliphatic heterocycles. The number of likely N-dealkylation sites (N-methyl/N-ethyl adjacent to an activating group) is 1. The first-order chi connectivity index (χ1) is 7.51. The number of hydrogen-bond donors (Lipinski definition) is 1. The molecule has 6 heteroatoms. The minimum Gasteiger partial charge on any atom is -0.302 e. The van der Waals surface area contributed by atoms with E-state index in [1.165, 1.54) is 12.8 Å². The Balaban J connectivity index is 2.33. The molecule has 0 aromatic carbocycles. The average Bonchev–Trinajstić information content (AvgIpc) is 3.01. The van der Waals surface area contributed by atoms with E-state index >= 15 is 0 Å². The molecule has 0 spiro atoms. The van der Waals surface area contributed by atoms with Gasteiger partial charge in [-0.25, -0.2) is 13.1 Å². The lowest BCUT2D eigenvalue weighted by Gasteiger charge is -2.16. The van der Waals surface area contributed by atoms with Crippen LogP contribution in [0.2, 0.25) is 0 Å². The number of rotatable bonds is 7. The predicted molar refractivity (Wildman–Crippen MR) is 62.3 cm³/mol. The van der Waals surface area contributed by atoms with E-state index in [-0.39, 0.29) is 0 Å². The molecule has 1 aliphatic carbocycles. The van der Waals surface area contributed by atoms with E-state index in [1.54, 1.807) is 13.0 Å². The normalized spacial score (nSPS) is 18.4. The van der Waals surface area contributed by atoms with Crippen LogP contribution in [0.4, 0.5) is 0 Å². The van der Waals surface area contributed by atoms with E-state index in [2.05, 4.69) is 9.62 Å². The fraction of sp³-hybridized carbons (Fsp3) is 0.900. The summed E-state index contributed by atoms with van der Waals surface area (Å²) in [5.74, 6) is 0. The van der Waals surface area contributed by atoms with Crippen LogP contribution in [0, 0.1) is 11.3 Å². The summed E-state index contributed by atoms with van der Waals surface area (Å²) in [5, 5.41) is 7.76. The van der Waals surface area contributed by atoms with Crippen LogP contribution in [0.25, 0.3) is 0 Å². The van der Waals surface area contributed by atoms with Gasteiger partial charge in [-0.1, -0.05) is 6.92 Å². The van der Waals surface area contributed by atoms with Gasteiger partial charge in [0.2, 0.25) is 10.0 Å². The van der Waals surface area contributed by atoms with Crippen LogP contribution in [0.15, 0.2) is 0 Å². The Morgan fingerprint density at radius 2 is 2.19 bits per heavy atom. The van der Waals surface area contributed by atoms with E-state index in [0.717, 1.165) is 0 Å². The van der Waals surface area contributed by atoms with E-state index in [0.29, 0.717) is 25.6 Å². The first kappa shape index (κ1) is 13.4. The summed E-state index contributed by atoms with van der Waals surface area (Å²) in [6.07, 6.45) is 2.74. The second-order valence-corrected chi connectivity index (χ2v) is 6.12. The summed E-state index contributed by atoms with van der Waals surface area (Å²) >= 11 is 0. The van der Waals surface area contributed by atoms with Crippen LogP contribution < -0.4 is 4.72 Å². The van der Waals surface area contributed by atoms with Crippen molar-refractivity contribution in [2.24, 2.45) is 0 Å². The molecule has 1 rings (SSSR count). The van der Waals surface area contributed by atoms with Crippen LogP contribution in [0.5, 0.6) is 0 Å². The van der Waals surface area contributed by atoms with Crippen molar-refractivity contribution in [3.63, 3.8) is 0 Å². The van der Waals surface area contributed by atoms with Gasteiger partial charge in [-0.3, -0.25) is 0 Å². The van der Waals surface area contributed by atoms with E-state index < -0.39 is 15.3 Å². The maximum atomic E-state index is 11.6. The molecule has 0 saturated heterocycles. The van der Waals surface area contributed by atoms with Crippen molar-refractivity contribution in [1.82, 2.24) is 9.62 Å². The average molecular weight is 245 g/mol. The third-order valence-corrected chi connectivity index (χ3v) is 4.62. The van der Waals surface area contributed by atoms with Crippen molar-refractivity contribution in [3.8, 4) is 6.07 Å². The Bertz CT molecular complexity index is 357. The monoisotopic (exact) mass is 245 g/mol. The molecule has 1 unspecified atom stereocenters. The van der Waals surface area contributed by atoms with Gasteiger partial charge in [0.05, 0.1) is 6.07 Å². The number of hydrogen-bond acceptors (Lipinski definition) is 4. The molecule has 1 aliphatic rings. The topological polar surface area (TPSA) is 73.2 Å². The quantitative estimate of drug-likeness (QED) is 0.700. The fourth-order valence-corrected chi connectivity index (χ4v) is 2.70. The van der Waals surface area contributed by atoms with E-state index in [1.807, 2.05) is 7.05 Å². The van der Waals surface area contributed by atoms with Gasteiger partial charge in [0.15, 0.2) is 5.25 Å². The first-order valence-electron chi connectivity index (χ1n) is 5.59. The molecule has 1 saturated carbocycles. The van der Waals surface area contributed by atoms with Crippen molar-refractivity contribution in [1.29, 1.82) is 5.26 Å². The van der Waals surface area contributed by atoms with Crippen LogP contribution in [-0.4, -0.2) is 44.7 Å². The molecule has 92 valence electrons. The van der Waals surface area contributed by atoms with Gasteiger partial charge in [0.25, 0.3) is 0 Å². The second-order valence-electron chi connectivity index (χ2n) is 4.18. The minimum absolute atomic E-state index is 0.324. The van der Waals surface area contributed by atoms with Gasteiger partial charge < -0.3 is 4.90 Å². The van der Waals surface area contributed by atoms with Gasteiger partial charge in [-0.2, -0.15) is 5.26 Å². The lowest BCUT2D eigenvalue weighted by atomic mass is 10.4. The molecule has 1 atom stereocenters. The third kappa shape index (κ3) is 3.74. The third-order valence-electron chi connectivity index (χ3n) is 2.83. The van der Waals surface area contributed by atoms with Crippen LogP contribution in [0.3, 0.4) is 0 Å². The zero-order chi connectivity index (χ0) is 12.2. The summed E-state index contributed by atoms with van der Waals surface area (Å²) < 4.78 is 25.7. The molecule has 0 aromatic rings. The highest BCUT2D eigenvalue weighted by atomic mass is 32.2. The minimum atomic E-state index is -3.46. The first-order valence-corrected chi connectivity index (χ1v) is 7.14. The Morgan fingerprint density at radius 1 is 1.56 bits per heavy atom. The number of nitrogens with zero attached hydrogens (tertiary/aromatic N) is 2. The number of nitrogens with one attached hydrogen (secondary N) is 1. The molecule has 0 amide bonds. The van der Waals surface area contributed by atoms with Crippen LogP contribution >= 0.6 is 0 Å². The molecule has 16 heavy (non-hydrogen) atoms. The molecule has 0 heterocycles. The molecule has 0 aromatic heterocycles. The molecule has 5 nitrogen and oxygen atoms in total. The van der Waals surface area contributed by atoms with E-state index in [4.69, 9.17) is 5.26 Å². The lowest BCUT2D eigenvalue weighted by Crippen LogP contribution is -2.38.